The zero-order valence-corrected chi connectivity index (χ0v) is 15.4. The first kappa shape index (κ1) is 18.7. The molecule has 4 rings (SSSR count). The van der Waals surface area contributed by atoms with Gasteiger partial charge in [0.2, 0.25) is 0 Å². The Balaban J connectivity index is 1.72. The molecule has 0 amide bonds. The number of carbonyl (C=O) groups is 2. The van der Waals surface area contributed by atoms with Gasteiger partial charge in [-0.2, -0.15) is 0 Å². The van der Waals surface area contributed by atoms with Gasteiger partial charge in [-0.05, 0) is 42.0 Å². The Morgan fingerprint density at radius 2 is 1.72 bits per heavy atom. The monoisotopic (exact) mass is 391 g/mol. The third-order valence-electron chi connectivity index (χ3n) is 4.84. The minimum atomic E-state index is -1.41. The predicted molar refractivity (Wildman–Crippen MR) is 103 cm³/mol. The molecule has 3 aromatic rings. The van der Waals surface area contributed by atoms with Gasteiger partial charge in [-0.25, -0.2) is 0 Å². The summed E-state index contributed by atoms with van der Waals surface area (Å²) in [6.07, 6.45) is 1.20. The molecule has 1 N–H and O–H groups in total. The molecule has 0 atom stereocenters. The third-order valence-corrected chi connectivity index (χ3v) is 4.84. The Hall–Kier alpha value is -3.65. The van der Waals surface area contributed by atoms with Crippen molar-refractivity contribution in [2.45, 2.75) is 0 Å². The second kappa shape index (κ2) is 7.76. The van der Waals surface area contributed by atoms with Crippen molar-refractivity contribution in [3.63, 3.8) is 0 Å². The molecular weight excluding hydrogens is 374 g/mol. The van der Waals surface area contributed by atoms with E-state index in [-0.39, 0.29) is 16.8 Å². The van der Waals surface area contributed by atoms with Crippen LogP contribution in [0.3, 0.4) is 0 Å². The smallest absolute Gasteiger partial charge is 0.0752 e. The Labute approximate surface area is 166 Å². The summed E-state index contributed by atoms with van der Waals surface area (Å²) in [6, 6.07) is 11.7. The molecule has 1 fully saturated rings. The molecule has 8 nitrogen and oxygen atoms in total. The molecule has 0 unspecified atom stereocenters. The summed E-state index contributed by atoms with van der Waals surface area (Å²) >= 11 is 0. The number of morpholine rings is 1. The van der Waals surface area contributed by atoms with Crippen LogP contribution in [0.25, 0.3) is 10.9 Å². The van der Waals surface area contributed by atoms with Crippen molar-refractivity contribution in [3.05, 3.63) is 59.8 Å². The van der Waals surface area contributed by atoms with E-state index in [0.717, 1.165) is 18.8 Å². The Bertz CT molecular complexity index is 1070. The average Bonchev–Trinajstić information content (AvgIpc) is 2.74. The summed E-state index contributed by atoms with van der Waals surface area (Å²) in [7, 11) is 0. The van der Waals surface area contributed by atoms with Gasteiger partial charge in [0.15, 0.2) is 0 Å². The molecule has 0 spiro atoms. The normalized spacial score (nSPS) is 14.0. The van der Waals surface area contributed by atoms with Crippen molar-refractivity contribution in [1.29, 1.82) is 0 Å². The molecule has 148 valence electrons. The number of aromatic nitrogens is 1. The number of hydrogen-bond donors (Lipinski definition) is 1. The second-order valence-corrected chi connectivity index (χ2v) is 6.63. The zero-order chi connectivity index (χ0) is 20.4. The number of nitrogens with zero attached hydrogens (tertiary/aromatic N) is 2. The average molecular weight is 391 g/mol. The van der Waals surface area contributed by atoms with Crippen molar-refractivity contribution in [2.75, 3.05) is 36.5 Å². The lowest BCUT2D eigenvalue weighted by Gasteiger charge is -2.29. The Morgan fingerprint density at radius 3 is 2.38 bits per heavy atom. The van der Waals surface area contributed by atoms with E-state index >= 15 is 0 Å². The molecule has 8 heteroatoms. The van der Waals surface area contributed by atoms with E-state index in [4.69, 9.17) is 4.74 Å². The first-order chi connectivity index (χ1) is 14.0. The number of benzene rings is 2. The fourth-order valence-corrected chi connectivity index (χ4v) is 3.33. The molecule has 0 aliphatic carbocycles. The number of aromatic carboxylic acids is 2. The number of carboxylic acid groups (broad SMARTS) is 2. The van der Waals surface area contributed by atoms with Gasteiger partial charge < -0.3 is 34.8 Å². The number of carboxylic acids is 2. The van der Waals surface area contributed by atoms with E-state index in [1.165, 1.54) is 24.4 Å². The van der Waals surface area contributed by atoms with E-state index in [1.54, 1.807) is 0 Å². The maximum absolute atomic E-state index is 11.6. The number of fused-ring (bicyclic) bond motifs is 1. The fraction of sp³-hybridized carbons (Fsp3) is 0.190. The molecule has 29 heavy (non-hydrogen) atoms. The van der Waals surface area contributed by atoms with Crippen LogP contribution < -0.4 is 20.4 Å². The quantitative estimate of drug-likeness (QED) is 0.670. The van der Waals surface area contributed by atoms with E-state index in [0.29, 0.717) is 29.8 Å². The highest BCUT2D eigenvalue weighted by Gasteiger charge is 2.13. The topological polar surface area (TPSA) is 118 Å². The number of pyridine rings is 1. The minimum absolute atomic E-state index is 0.0690. The molecule has 1 saturated heterocycles. The van der Waals surface area contributed by atoms with Crippen LogP contribution in [0.1, 0.15) is 20.7 Å². The van der Waals surface area contributed by atoms with Crippen LogP contribution in [0.2, 0.25) is 0 Å². The van der Waals surface area contributed by atoms with Crippen molar-refractivity contribution in [1.82, 2.24) is 4.98 Å². The largest absolute Gasteiger partial charge is 0.545 e. The SMILES string of the molecule is O=C([O-])c1ccc2ncc(C(=O)[O-])c(Nc3ccc(N4CCOCC4)cc3)c2c1. The van der Waals surface area contributed by atoms with E-state index in [9.17, 15) is 19.8 Å². The van der Waals surface area contributed by atoms with Gasteiger partial charge in [0.25, 0.3) is 0 Å². The third kappa shape index (κ3) is 3.83. The first-order valence-corrected chi connectivity index (χ1v) is 9.08. The van der Waals surface area contributed by atoms with E-state index in [1.807, 2.05) is 24.3 Å². The molecule has 1 aliphatic heterocycles. The number of anilines is 3. The Kier molecular flexibility index (Phi) is 5.01. The highest BCUT2D eigenvalue weighted by Crippen LogP contribution is 2.30. The maximum Gasteiger partial charge on any atom is 0.0752 e. The molecule has 2 heterocycles. The summed E-state index contributed by atoms with van der Waals surface area (Å²) in [4.78, 5) is 29.1. The van der Waals surface area contributed by atoms with Gasteiger partial charge in [0.05, 0.1) is 36.4 Å². The molecule has 0 radical (unpaired) electrons. The fourth-order valence-electron chi connectivity index (χ4n) is 3.33. The van der Waals surface area contributed by atoms with Crippen molar-refractivity contribution in [3.8, 4) is 0 Å². The van der Waals surface area contributed by atoms with Crippen molar-refractivity contribution < 1.29 is 24.5 Å². The van der Waals surface area contributed by atoms with Crippen LogP contribution in [0.4, 0.5) is 17.1 Å². The summed E-state index contributed by atoms with van der Waals surface area (Å²) < 4.78 is 5.36. The maximum atomic E-state index is 11.6. The van der Waals surface area contributed by atoms with Crippen molar-refractivity contribution >= 4 is 39.9 Å². The lowest BCUT2D eigenvalue weighted by molar-refractivity contribution is -0.256. The van der Waals surface area contributed by atoms with Crippen LogP contribution in [0, 0.1) is 0 Å². The van der Waals surface area contributed by atoms with Crippen LogP contribution in [-0.2, 0) is 4.74 Å². The zero-order valence-electron chi connectivity index (χ0n) is 15.4. The van der Waals surface area contributed by atoms with Gasteiger partial charge in [-0.3, -0.25) is 4.98 Å². The van der Waals surface area contributed by atoms with Gasteiger partial charge in [0, 0.05) is 41.6 Å². The predicted octanol–water partition coefficient (Wildman–Crippen LogP) is 0.542. The molecule has 1 aliphatic rings. The first-order valence-electron chi connectivity index (χ1n) is 9.08. The standard InChI is InChI=1S/C21H19N3O5/c25-20(26)13-1-6-18-16(11-13)19(17(12-22-18)21(27)28)23-14-2-4-15(5-3-14)24-7-9-29-10-8-24/h1-6,11-12H,7-10H2,(H,22,23)(H,25,26)(H,27,28)/p-2. The number of ether oxygens (including phenoxy) is 1. The van der Waals surface area contributed by atoms with E-state index in [2.05, 4.69) is 15.2 Å². The molecule has 1 aromatic heterocycles. The Morgan fingerprint density at radius 1 is 1.00 bits per heavy atom. The number of carbonyl (C=O) groups excluding carboxylic acids is 2. The van der Waals surface area contributed by atoms with Gasteiger partial charge in [-0.1, -0.05) is 6.07 Å². The summed E-state index contributed by atoms with van der Waals surface area (Å²) in [6.45, 7) is 2.97. The summed E-state index contributed by atoms with van der Waals surface area (Å²) in [5, 5.41) is 26.3. The van der Waals surface area contributed by atoms with Crippen LogP contribution in [0.5, 0.6) is 0 Å². The molecule has 2 aromatic carbocycles. The van der Waals surface area contributed by atoms with Crippen LogP contribution in [0.15, 0.2) is 48.7 Å². The number of rotatable bonds is 5. The van der Waals surface area contributed by atoms with Gasteiger partial charge in [0.1, 0.15) is 0 Å². The highest BCUT2D eigenvalue weighted by atomic mass is 16.5. The molecular formula is C21H17N3O5-2. The number of nitrogens with one attached hydrogen (secondary N) is 1. The van der Waals surface area contributed by atoms with Crippen molar-refractivity contribution in [2.24, 2.45) is 0 Å². The molecule has 0 saturated carbocycles. The van der Waals surface area contributed by atoms with Gasteiger partial charge in [-0.15, -0.1) is 0 Å². The van der Waals surface area contributed by atoms with E-state index < -0.39 is 11.9 Å². The lowest BCUT2D eigenvalue weighted by Crippen LogP contribution is -2.36. The number of hydrogen-bond acceptors (Lipinski definition) is 8. The van der Waals surface area contributed by atoms with Crippen LogP contribution >= 0.6 is 0 Å². The minimum Gasteiger partial charge on any atom is -0.545 e. The summed E-state index contributed by atoms with van der Waals surface area (Å²) in [5.41, 5.74) is 2.13. The highest BCUT2D eigenvalue weighted by molar-refractivity contribution is 6.06. The van der Waals surface area contributed by atoms with Gasteiger partial charge >= 0.3 is 0 Å². The second-order valence-electron chi connectivity index (χ2n) is 6.63. The van der Waals surface area contributed by atoms with Crippen LogP contribution in [-0.4, -0.2) is 43.2 Å². The molecule has 0 bridgehead atoms. The summed E-state index contributed by atoms with van der Waals surface area (Å²) in [5.74, 6) is -2.77. The lowest BCUT2D eigenvalue weighted by atomic mass is 10.1.